The molecule has 2 aromatic carbocycles. The molecule has 0 bridgehead atoms. The molecule has 1 unspecified atom stereocenters. The third kappa shape index (κ3) is 3.25. The van der Waals surface area contributed by atoms with Crippen molar-refractivity contribution in [1.29, 1.82) is 0 Å². The van der Waals surface area contributed by atoms with Gasteiger partial charge in [0.2, 0.25) is 0 Å². The van der Waals surface area contributed by atoms with Gasteiger partial charge in [-0.1, -0.05) is 66.7 Å². The fourth-order valence-corrected chi connectivity index (χ4v) is 3.37. The number of hydrogen-bond donors (Lipinski definition) is 0. The van der Waals surface area contributed by atoms with Crippen molar-refractivity contribution in [3.63, 3.8) is 0 Å². The highest BCUT2D eigenvalue weighted by Gasteiger charge is 2.27. The SMILES string of the molecule is C/C=C(\c1ccccc1)C1CCCN1Cc1ccccc1. The van der Waals surface area contributed by atoms with Crippen molar-refractivity contribution in [3.05, 3.63) is 77.9 Å². The molecule has 0 aliphatic carbocycles. The van der Waals surface area contributed by atoms with Gasteiger partial charge in [-0.3, -0.25) is 4.90 Å². The van der Waals surface area contributed by atoms with E-state index < -0.39 is 0 Å². The molecule has 1 nitrogen and oxygen atoms in total. The first-order valence-corrected chi connectivity index (χ1v) is 7.88. The molecule has 3 rings (SSSR count). The average molecular weight is 277 g/mol. The second-order valence-corrected chi connectivity index (χ2v) is 5.72. The van der Waals surface area contributed by atoms with Crippen LogP contribution in [0.15, 0.2) is 66.7 Å². The van der Waals surface area contributed by atoms with Gasteiger partial charge in [0, 0.05) is 12.6 Å². The van der Waals surface area contributed by atoms with Crippen LogP contribution in [0.3, 0.4) is 0 Å². The summed E-state index contributed by atoms with van der Waals surface area (Å²) in [5.74, 6) is 0. The lowest BCUT2D eigenvalue weighted by molar-refractivity contribution is 0.288. The third-order valence-electron chi connectivity index (χ3n) is 4.37. The molecule has 0 spiro atoms. The minimum atomic E-state index is 0.553. The van der Waals surface area contributed by atoms with Crippen LogP contribution in [0.1, 0.15) is 30.9 Å². The molecule has 1 heteroatoms. The molecule has 0 saturated carbocycles. The molecule has 1 fully saturated rings. The second kappa shape index (κ2) is 6.73. The average Bonchev–Trinajstić information content (AvgIpc) is 2.98. The summed E-state index contributed by atoms with van der Waals surface area (Å²) in [6.45, 7) is 4.42. The van der Waals surface area contributed by atoms with E-state index in [1.54, 1.807) is 0 Å². The Hall–Kier alpha value is -1.86. The van der Waals surface area contributed by atoms with Gasteiger partial charge >= 0.3 is 0 Å². The minimum Gasteiger partial charge on any atom is -0.292 e. The summed E-state index contributed by atoms with van der Waals surface area (Å²) in [6, 6.07) is 22.2. The van der Waals surface area contributed by atoms with Crippen LogP contribution in [0, 0.1) is 0 Å². The van der Waals surface area contributed by atoms with Gasteiger partial charge in [-0.15, -0.1) is 0 Å². The molecular weight excluding hydrogens is 254 g/mol. The zero-order chi connectivity index (χ0) is 14.5. The minimum absolute atomic E-state index is 0.553. The van der Waals surface area contributed by atoms with E-state index in [1.165, 1.54) is 36.1 Å². The molecule has 1 heterocycles. The molecule has 0 radical (unpaired) electrons. The number of nitrogens with zero attached hydrogens (tertiary/aromatic N) is 1. The Labute approximate surface area is 127 Å². The highest BCUT2D eigenvalue weighted by molar-refractivity contribution is 5.69. The zero-order valence-corrected chi connectivity index (χ0v) is 12.7. The Bertz CT molecular complexity index is 586. The summed E-state index contributed by atoms with van der Waals surface area (Å²) in [7, 11) is 0. The van der Waals surface area contributed by atoms with E-state index in [0.717, 1.165) is 6.54 Å². The molecule has 21 heavy (non-hydrogen) atoms. The lowest BCUT2D eigenvalue weighted by atomic mass is 9.96. The summed E-state index contributed by atoms with van der Waals surface area (Å²) in [5, 5.41) is 0. The molecule has 1 aliphatic rings. The van der Waals surface area contributed by atoms with E-state index in [9.17, 15) is 0 Å². The van der Waals surface area contributed by atoms with Crippen molar-refractivity contribution in [2.45, 2.75) is 32.4 Å². The number of benzene rings is 2. The van der Waals surface area contributed by atoms with Crippen LogP contribution in [0.4, 0.5) is 0 Å². The Kier molecular flexibility index (Phi) is 4.52. The van der Waals surface area contributed by atoms with E-state index >= 15 is 0 Å². The lowest BCUT2D eigenvalue weighted by Gasteiger charge is -2.27. The molecule has 2 aromatic rings. The van der Waals surface area contributed by atoms with Crippen LogP contribution in [0.25, 0.3) is 5.57 Å². The van der Waals surface area contributed by atoms with Gasteiger partial charge in [0.25, 0.3) is 0 Å². The van der Waals surface area contributed by atoms with Crippen LogP contribution in [0.5, 0.6) is 0 Å². The summed E-state index contributed by atoms with van der Waals surface area (Å²) in [6.07, 6.45) is 4.85. The Balaban J connectivity index is 1.80. The number of hydrogen-bond acceptors (Lipinski definition) is 1. The van der Waals surface area contributed by atoms with Crippen LogP contribution >= 0.6 is 0 Å². The van der Waals surface area contributed by atoms with Crippen LogP contribution in [0.2, 0.25) is 0 Å². The molecule has 0 aromatic heterocycles. The quantitative estimate of drug-likeness (QED) is 0.779. The predicted octanol–water partition coefficient (Wildman–Crippen LogP) is 4.75. The highest BCUT2D eigenvalue weighted by atomic mass is 15.2. The van der Waals surface area contributed by atoms with Gasteiger partial charge in [0.05, 0.1) is 0 Å². The number of likely N-dealkylation sites (tertiary alicyclic amines) is 1. The number of rotatable bonds is 4. The summed E-state index contributed by atoms with van der Waals surface area (Å²) >= 11 is 0. The van der Waals surface area contributed by atoms with Crippen molar-refractivity contribution in [2.24, 2.45) is 0 Å². The van der Waals surface area contributed by atoms with E-state index in [-0.39, 0.29) is 0 Å². The Morgan fingerprint density at radius 3 is 2.38 bits per heavy atom. The van der Waals surface area contributed by atoms with E-state index in [1.807, 2.05) is 0 Å². The first-order valence-electron chi connectivity index (χ1n) is 7.88. The standard InChI is InChI=1S/C20H23N/c1-2-19(18-12-7-4-8-13-18)20-14-9-15-21(20)16-17-10-5-3-6-11-17/h2-8,10-13,20H,9,14-16H2,1H3/b19-2+. The molecule has 1 atom stereocenters. The first kappa shape index (κ1) is 14.1. The molecule has 1 aliphatic heterocycles. The monoisotopic (exact) mass is 277 g/mol. The van der Waals surface area contributed by atoms with E-state index in [2.05, 4.69) is 78.6 Å². The van der Waals surface area contributed by atoms with Crippen molar-refractivity contribution in [1.82, 2.24) is 4.90 Å². The Morgan fingerprint density at radius 1 is 1.05 bits per heavy atom. The van der Waals surface area contributed by atoms with Crippen LogP contribution in [-0.2, 0) is 6.54 Å². The summed E-state index contributed by atoms with van der Waals surface area (Å²) < 4.78 is 0. The van der Waals surface area contributed by atoms with Crippen LogP contribution in [-0.4, -0.2) is 17.5 Å². The number of allylic oxidation sites excluding steroid dienone is 1. The smallest absolute Gasteiger partial charge is 0.0354 e. The summed E-state index contributed by atoms with van der Waals surface area (Å²) in [4.78, 5) is 2.62. The molecule has 108 valence electrons. The van der Waals surface area contributed by atoms with E-state index in [4.69, 9.17) is 0 Å². The predicted molar refractivity (Wildman–Crippen MR) is 90.0 cm³/mol. The second-order valence-electron chi connectivity index (χ2n) is 5.72. The van der Waals surface area contributed by atoms with Crippen molar-refractivity contribution < 1.29 is 0 Å². The fourth-order valence-electron chi connectivity index (χ4n) is 3.37. The van der Waals surface area contributed by atoms with Gasteiger partial charge in [0.15, 0.2) is 0 Å². The van der Waals surface area contributed by atoms with Crippen molar-refractivity contribution in [3.8, 4) is 0 Å². The molecule has 0 amide bonds. The molecule has 0 N–H and O–H groups in total. The highest BCUT2D eigenvalue weighted by Crippen LogP contribution is 2.31. The maximum Gasteiger partial charge on any atom is 0.0354 e. The first-order chi connectivity index (χ1) is 10.4. The third-order valence-corrected chi connectivity index (χ3v) is 4.37. The fraction of sp³-hybridized carbons (Fsp3) is 0.300. The van der Waals surface area contributed by atoms with Gasteiger partial charge in [-0.05, 0) is 43.0 Å². The van der Waals surface area contributed by atoms with Gasteiger partial charge < -0.3 is 0 Å². The molecular formula is C20H23N. The molecule has 1 saturated heterocycles. The van der Waals surface area contributed by atoms with E-state index in [0.29, 0.717) is 6.04 Å². The van der Waals surface area contributed by atoms with Gasteiger partial charge in [-0.2, -0.15) is 0 Å². The van der Waals surface area contributed by atoms with Gasteiger partial charge in [-0.25, -0.2) is 0 Å². The topological polar surface area (TPSA) is 3.24 Å². The zero-order valence-electron chi connectivity index (χ0n) is 12.7. The lowest BCUT2D eigenvalue weighted by Crippen LogP contribution is -2.29. The van der Waals surface area contributed by atoms with Crippen LogP contribution < -0.4 is 0 Å². The van der Waals surface area contributed by atoms with Crippen molar-refractivity contribution >= 4 is 5.57 Å². The van der Waals surface area contributed by atoms with Gasteiger partial charge in [0.1, 0.15) is 0 Å². The van der Waals surface area contributed by atoms with Crippen molar-refractivity contribution in [2.75, 3.05) is 6.54 Å². The Morgan fingerprint density at radius 2 is 1.71 bits per heavy atom. The maximum absolute atomic E-state index is 2.62. The maximum atomic E-state index is 2.62. The largest absolute Gasteiger partial charge is 0.292 e. The summed E-state index contributed by atoms with van der Waals surface area (Å²) in [5.41, 5.74) is 4.25. The normalized spacial score (nSPS) is 19.9.